The molecule has 1 saturated carbocycles. The first-order chi connectivity index (χ1) is 19.5. The second kappa shape index (κ2) is 10.1. The van der Waals surface area contributed by atoms with Gasteiger partial charge < -0.3 is 30.2 Å². The summed E-state index contributed by atoms with van der Waals surface area (Å²) in [5.74, 6) is 1.24. The number of H-pyrrole nitrogens is 1. The second-order valence-electron chi connectivity index (χ2n) is 10.7. The van der Waals surface area contributed by atoms with Crippen LogP contribution in [0.4, 0.5) is 11.4 Å². The molecule has 2 fully saturated rings. The third-order valence-electron chi connectivity index (χ3n) is 8.37. The number of anilines is 2. The standard InChI is InChI=1S/C30H30ClN5O4/c31-23-14-20(40-19-4-2-1-3-5-19)6-7-21(23)27(37)22-16-32-28-25(22)26-24(17-33-28)34-29(38)30(35-26)9-8-18(15-30)36-10-12-39-13-11-36/h1-7,14,16-18,27,35,37H,8-13,15H2,(H,32,33)(H,34,38). The van der Waals surface area contributed by atoms with Gasteiger partial charge in [-0.2, -0.15) is 0 Å². The molecule has 4 N–H and O–H groups in total. The lowest BCUT2D eigenvalue weighted by atomic mass is 9.91. The molecule has 1 saturated heterocycles. The Morgan fingerprint density at radius 1 is 1.12 bits per heavy atom. The van der Waals surface area contributed by atoms with Crippen molar-refractivity contribution in [1.82, 2.24) is 14.9 Å². The summed E-state index contributed by atoms with van der Waals surface area (Å²) in [7, 11) is 0. The molecule has 7 rings (SSSR count). The number of carbonyl (C=O) groups excluding carboxylic acids is 1. The number of ether oxygens (including phenoxy) is 2. The zero-order valence-corrected chi connectivity index (χ0v) is 22.6. The number of fused-ring (bicyclic) bond motifs is 3. The van der Waals surface area contributed by atoms with Crippen LogP contribution < -0.4 is 15.4 Å². The molecule has 9 nitrogen and oxygen atoms in total. The molecule has 3 aliphatic rings. The molecule has 1 amide bonds. The average Bonchev–Trinajstić information content (AvgIpc) is 3.60. The Labute approximate surface area is 236 Å². The van der Waals surface area contributed by atoms with Crippen molar-refractivity contribution in [2.24, 2.45) is 0 Å². The summed E-state index contributed by atoms with van der Waals surface area (Å²) in [6.07, 6.45) is 4.74. The van der Waals surface area contributed by atoms with Gasteiger partial charge in [0.25, 0.3) is 0 Å². The summed E-state index contributed by atoms with van der Waals surface area (Å²) in [5.41, 5.74) is 2.43. The third-order valence-corrected chi connectivity index (χ3v) is 8.70. The third kappa shape index (κ3) is 4.39. The van der Waals surface area contributed by atoms with Crippen LogP contribution in [-0.2, 0) is 9.53 Å². The first-order valence-electron chi connectivity index (χ1n) is 13.6. The van der Waals surface area contributed by atoms with Gasteiger partial charge in [-0.1, -0.05) is 35.9 Å². The first-order valence-corrected chi connectivity index (χ1v) is 14.0. The molecule has 3 unspecified atom stereocenters. The highest BCUT2D eigenvalue weighted by Gasteiger charge is 2.50. The smallest absolute Gasteiger partial charge is 0.250 e. The predicted octanol–water partition coefficient (Wildman–Crippen LogP) is 5.08. The molecule has 1 aliphatic carbocycles. The van der Waals surface area contributed by atoms with Crippen LogP contribution in [0.3, 0.4) is 0 Å². The number of morpholine rings is 1. The van der Waals surface area contributed by atoms with E-state index in [9.17, 15) is 9.90 Å². The SMILES string of the molecule is O=C1Nc2cnc3[nH]cc(C(O)c4ccc(Oc5ccccc5)cc4Cl)c3c2NC12CCC(N1CCOCC1)C2. The van der Waals surface area contributed by atoms with Gasteiger partial charge >= 0.3 is 0 Å². The summed E-state index contributed by atoms with van der Waals surface area (Å²) in [4.78, 5) is 23.5. The first kappa shape index (κ1) is 25.3. The number of aliphatic hydroxyl groups excluding tert-OH is 1. The van der Waals surface area contributed by atoms with Crippen molar-refractivity contribution in [3.63, 3.8) is 0 Å². The van der Waals surface area contributed by atoms with Crippen molar-refractivity contribution < 1.29 is 19.4 Å². The molecule has 206 valence electrons. The van der Waals surface area contributed by atoms with E-state index >= 15 is 0 Å². The van der Waals surface area contributed by atoms with Gasteiger partial charge in [0.2, 0.25) is 5.91 Å². The maximum Gasteiger partial charge on any atom is 0.250 e. The van der Waals surface area contributed by atoms with E-state index in [4.69, 9.17) is 21.1 Å². The summed E-state index contributed by atoms with van der Waals surface area (Å²) in [5, 5.41) is 19.4. The van der Waals surface area contributed by atoms with E-state index in [1.807, 2.05) is 30.3 Å². The van der Waals surface area contributed by atoms with Gasteiger partial charge in [-0.15, -0.1) is 0 Å². The van der Waals surface area contributed by atoms with E-state index in [0.717, 1.165) is 50.2 Å². The van der Waals surface area contributed by atoms with Crippen LogP contribution in [0.15, 0.2) is 60.9 Å². The number of nitrogens with one attached hydrogen (secondary N) is 3. The van der Waals surface area contributed by atoms with Gasteiger partial charge in [0.1, 0.15) is 28.8 Å². The summed E-state index contributed by atoms with van der Waals surface area (Å²) in [6.45, 7) is 3.23. The van der Waals surface area contributed by atoms with Crippen molar-refractivity contribution in [1.29, 1.82) is 0 Å². The predicted molar refractivity (Wildman–Crippen MR) is 153 cm³/mol. The average molecular weight is 560 g/mol. The Morgan fingerprint density at radius 2 is 1.95 bits per heavy atom. The van der Waals surface area contributed by atoms with Crippen LogP contribution >= 0.6 is 11.6 Å². The number of hydrogen-bond donors (Lipinski definition) is 4. The second-order valence-corrected chi connectivity index (χ2v) is 11.1. The van der Waals surface area contributed by atoms with Gasteiger partial charge in [0, 0.05) is 36.5 Å². The Bertz CT molecular complexity index is 1570. The molecule has 3 atom stereocenters. The topological polar surface area (TPSA) is 112 Å². The van der Waals surface area contributed by atoms with Gasteiger partial charge in [0.05, 0.1) is 41.2 Å². The van der Waals surface area contributed by atoms with E-state index in [0.29, 0.717) is 51.4 Å². The quantitative estimate of drug-likeness (QED) is 0.270. The Morgan fingerprint density at radius 3 is 2.75 bits per heavy atom. The normalized spacial score (nSPS) is 23.6. The maximum atomic E-state index is 13.4. The van der Waals surface area contributed by atoms with Crippen molar-refractivity contribution in [2.45, 2.75) is 36.9 Å². The molecular formula is C30H30ClN5O4. The minimum absolute atomic E-state index is 0.0356. The lowest BCUT2D eigenvalue weighted by Gasteiger charge is -2.38. The fraction of sp³-hybridized carbons (Fsp3) is 0.333. The fourth-order valence-electron chi connectivity index (χ4n) is 6.28. The number of carbonyl (C=O) groups is 1. The van der Waals surface area contributed by atoms with E-state index in [-0.39, 0.29) is 5.91 Å². The van der Waals surface area contributed by atoms with Gasteiger partial charge in [-0.25, -0.2) is 4.98 Å². The molecule has 2 aromatic heterocycles. The number of halogens is 1. The molecular weight excluding hydrogens is 530 g/mol. The van der Waals surface area contributed by atoms with Crippen molar-refractivity contribution in [2.75, 3.05) is 36.9 Å². The van der Waals surface area contributed by atoms with E-state index in [1.54, 1.807) is 30.6 Å². The van der Waals surface area contributed by atoms with Crippen LogP contribution in [0.2, 0.25) is 5.02 Å². The van der Waals surface area contributed by atoms with Crippen LogP contribution in [0.1, 0.15) is 36.5 Å². The number of hydrogen-bond acceptors (Lipinski definition) is 7. The molecule has 40 heavy (non-hydrogen) atoms. The minimum atomic E-state index is -1.03. The van der Waals surface area contributed by atoms with E-state index in [2.05, 4.69) is 25.5 Å². The number of para-hydroxylation sites is 1. The number of aromatic nitrogens is 2. The summed E-state index contributed by atoms with van der Waals surface area (Å²) >= 11 is 6.66. The lowest BCUT2D eigenvalue weighted by Crippen LogP contribution is -2.52. The van der Waals surface area contributed by atoms with Crippen LogP contribution in [0.25, 0.3) is 11.0 Å². The van der Waals surface area contributed by atoms with Gasteiger partial charge in [-0.05, 0) is 43.5 Å². The van der Waals surface area contributed by atoms with Crippen molar-refractivity contribution in [3.05, 3.63) is 77.1 Å². The molecule has 0 bridgehead atoms. The number of rotatable bonds is 5. The van der Waals surface area contributed by atoms with Crippen LogP contribution in [0, 0.1) is 0 Å². The number of pyridine rings is 1. The Kier molecular flexibility index (Phi) is 6.39. The minimum Gasteiger partial charge on any atom is -0.457 e. The number of nitrogens with zero attached hydrogens (tertiary/aromatic N) is 2. The van der Waals surface area contributed by atoms with E-state index < -0.39 is 11.6 Å². The summed E-state index contributed by atoms with van der Waals surface area (Å²) in [6, 6.07) is 15.0. The molecule has 1 spiro atoms. The number of aromatic amines is 1. The molecule has 10 heteroatoms. The monoisotopic (exact) mass is 559 g/mol. The molecule has 2 aliphatic heterocycles. The largest absolute Gasteiger partial charge is 0.457 e. The highest BCUT2D eigenvalue weighted by molar-refractivity contribution is 6.31. The maximum absolute atomic E-state index is 13.4. The van der Waals surface area contributed by atoms with Crippen LogP contribution in [-0.4, -0.2) is 63.8 Å². The number of benzene rings is 2. The molecule has 2 aromatic carbocycles. The zero-order valence-electron chi connectivity index (χ0n) is 21.8. The highest BCUT2D eigenvalue weighted by Crippen LogP contribution is 2.46. The van der Waals surface area contributed by atoms with Crippen LogP contribution in [0.5, 0.6) is 11.5 Å². The van der Waals surface area contributed by atoms with Gasteiger partial charge in [-0.3, -0.25) is 9.69 Å². The molecule has 4 aromatic rings. The zero-order chi connectivity index (χ0) is 27.3. The molecule has 0 radical (unpaired) electrons. The van der Waals surface area contributed by atoms with Gasteiger partial charge in [0.15, 0.2) is 0 Å². The van der Waals surface area contributed by atoms with E-state index in [1.165, 1.54) is 0 Å². The molecule has 4 heterocycles. The number of amides is 1. The Hall–Kier alpha value is -3.63. The van der Waals surface area contributed by atoms with Crippen molar-refractivity contribution in [3.8, 4) is 11.5 Å². The number of aliphatic hydroxyl groups is 1. The highest BCUT2D eigenvalue weighted by atomic mass is 35.5. The Balaban J connectivity index is 1.20. The fourth-order valence-corrected chi connectivity index (χ4v) is 6.55. The lowest BCUT2D eigenvalue weighted by molar-refractivity contribution is -0.120. The summed E-state index contributed by atoms with van der Waals surface area (Å²) < 4.78 is 11.4. The van der Waals surface area contributed by atoms with Crippen molar-refractivity contribution >= 4 is 39.9 Å².